The highest BCUT2D eigenvalue weighted by Gasteiger charge is 2.45. The predicted octanol–water partition coefficient (Wildman–Crippen LogP) is 10.7. The minimum atomic E-state index is -5.08. The van der Waals surface area contributed by atoms with Crippen LogP contribution in [-0.4, -0.2) is 35.1 Å². The summed E-state index contributed by atoms with van der Waals surface area (Å²) in [6.07, 6.45) is -8.64. The first-order valence-electron chi connectivity index (χ1n) is 18.7. The molecule has 1 aliphatic rings. The number of hydrogen-bond acceptors (Lipinski definition) is 6. The fraction of sp³-hybridized carbons (Fsp3) is 0.286. The van der Waals surface area contributed by atoms with Gasteiger partial charge in [0.2, 0.25) is 0 Å². The summed E-state index contributed by atoms with van der Waals surface area (Å²) in [5.41, 5.74) is 0.230. The number of carbonyl (C=O) groups excluding carboxylic acids is 1. The third-order valence-corrected chi connectivity index (χ3v) is 11.3. The number of alkyl halides is 6. The molecule has 0 fully saturated rings. The lowest BCUT2D eigenvalue weighted by Crippen LogP contribution is -2.36. The minimum Gasteiger partial charge on any atom is -0.409 e. The van der Waals surface area contributed by atoms with E-state index < -0.39 is 55.4 Å². The van der Waals surface area contributed by atoms with E-state index in [9.17, 15) is 45.5 Å². The van der Waals surface area contributed by atoms with Crippen molar-refractivity contribution in [1.82, 2.24) is 19.2 Å². The van der Waals surface area contributed by atoms with Crippen LogP contribution in [0.15, 0.2) is 85.1 Å². The lowest BCUT2D eigenvalue weighted by Gasteiger charge is -2.33. The van der Waals surface area contributed by atoms with Gasteiger partial charge in [-0.05, 0) is 79.8 Å². The van der Waals surface area contributed by atoms with Gasteiger partial charge in [-0.3, -0.25) is 9.42 Å². The largest absolute Gasteiger partial charge is 0.469 e. The Balaban J connectivity index is 1.37. The van der Waals surface area contributed by atoms with E-state index in [1.165, 1.54) is 42.6 Å². The molecule has 7 rings (SSSR count). The molecule has 3 heterocycles. The van der Waals surface area contributed by atoms with Gasteiger partial charge >= 0.3 is 26.3 Å². The van der Waals surface area contributed by atoms with Crippen LogP contribution >= 0.6 is 7.82 Å². The Kier molecular flexibility index (Phi) is 11.1. The average Bonchev–Trinajstić information content (AvgIpc) is 3.86. The number of para-hydroxylation sites is 2. The molecule has 0 bridgehead atoms. The summed E-state index contributed by atoms with van der Waals surface area (Å²) >= 11 is 0. The Morgan fingerprint density at radius 3 is 2.17 bits per heavy atom. The third-order valence-electron chi connectivity index (χ3n) is 10.8. The number of aryl methyl sites for hydroxylation is 2. The molecule has 0 unspecified atom stereocenters. The van der Waals surface area contributed by atoms with Gasteiger partial charge in [0, 0.05) is 41.4 Å². The second-order valence-electron chi connectivity index (χ2n) is 14.8. The molecular formula is C42H38F7N4O6P. The van der Waals surface area contributed by atoms with Crippen LogP contribution in [0.3, 0.4) is 0 Å². The highest BCUT2D eigenvalue weighted by molar-refractivity contribution is 7.46. The highest BCUT2D eigenvalue weighted by Crippen LogP contribution is 2.48. The number of phosphoric ester groups is 1. The molecule has 0 amide bonds. The van der Waals surface area contributed by atoms with Crippen LogP contribution in [0.2, 0.25) is 0 Å². The first-order chi connectivity index (χ1) is 28.1. The maximum Gasteiger partial charge on any atom is 0.469 e. The van der Waals surface area contributed by atoms with Gasteiger partial charge in [-0.25, -0.2) is 23.0 Å². The lowest BCUT2D eigenvalue weighted by atomic mass is 9.96. The second kappa shape index (κ2) is 15.6. The van der Waals surface area contributed by atoms with Gasteiger partial charge in [0.1, 0.15) is 11.6 Å². The topological polar surface area (TPSA) is 119 Å². The molecule has 2 N–H and O–H groups in total. The van der Waals surface area contributed by atoms with Crippen molar-refractivity contribution in [2.75, 3.05) is 0 Å². The minimum absolute atomic E-state index is 0.000816. The molecule has 6 aromatic rings. The van der Waals surface area contributed by atoms with Gasteiger partial charge in [-0.2, -0.15) is 31.4 Å². The van der Waals surface area contributed by atoms with Crippen LogP contribution < -0.4 is 4.74 Å². The second-order valence-corrected chi connectivity index (χ2v) is 16.0. The van der Waals surface area contributed by atoms with E-state index in [1.807, 2.05) is 32.0 Å². The van der Waals surface area contributed by atoms with Gasteiger partial charge in [0.05, 0.1) is 45.9 Å². The van der Waals surface area contributed by atoms with Crippen molar-refractivity contribution in [3.05, 3.63) is 136 Å². The fourth-order valence-corrected chi connectivity index (χ4v) is 8.07. The third kappa shape index (κ3) is 7.99. The molecule has 0 radical (unpaired) electrons. The van der Waals surface area contributed by atoms with Crippen LogP contribution in [0.1, 0.15) is 72.3 Å². The number of rotatable bonds is 10. The Hall–Kier alpha value is -5.32. The number of carbonyl (C=O) groups is 1. The highest BCUT2D eigenvalue weighted by atomic mass is 31.2. The van der Waals surface area contributed by atoms with Crippen molar-refractivity contribution < 1.29 is 59.1 Å². The Labute approximate surface area is 339 Å². The lowest BCUT2D eigenvalue weighted by molar-refractivity contribution is -0.143. The molecule has 0 atom stereocenters. The molecule has 0 aliphatic carbocycles. The predicted molar refractivity (Wildman–Crippen MR) is 207 cm³/mol. The van der Waals surface area contributed by atoms with Crippen molar-refractivity contribution in [3.63, 3.8) is 0 Å². The van der Waals surface area contributed by atoms with Crippen molar-refractivity contribution in [3.8, 4) is 22.7 Å². The smallest absolute Gasteiger partial charge is 0.409 e. The zero-order valence-electron chi connectivity index (χ0n) is 32.5. The summed E-state index contributed by atoms with van der Waals surface area (Å²) in [5, 5.41) is 5.38. The molecule has 10 nitrogen and oxygen atoms in total. The number of fused-ring (bicyclic) bond motifs is 2. The molecule has 0 spiro atoms. The maximum absolute atomic E-state index is 16.0. The number of nitrogens with zero attached hydrogens (tertiary/aromatic N) is 4. The Morgan fingerprint density at radius 2 is 1.53 bits per heavy atom. The number of hydrogen-bond donors (Lipinski definition) is 2. The molecular weight excluding hydrogens is 820 g/mol. The van der Waals surface area contributed by atoms with E-state index in [1.54, 1.807) is 23.4 Å². The van der Waals surface area contributed by atoms with Crippen molar-refractivity contribution >= 4 is 24.8 Å². The molecule has 4 aromatic carbocycles. The number of benzene rings is 4. The zero-order valence-corrected chi connectivity index (χ0v) is 33.4. The van der Waals surface area contributed by atoms with Gasteiger partial charge in [0.15, 0.2) is 0 Å². The van der Waals surface area contributed by atoms with Crippen molar-refractivity contribution in [2.24, 2.45) is 0 Å². The molecule has 18 heteroatoms. The van der Waals surface area contributed by atoms with Crippen LogP contribution in [-0.2, 0) is 59.5 Å². The van der Waals surface area contributed by atoms with E-state index in [4.69, 9.17) is 9.84 Å². The molecule has 60 heavy (non-hydrogen) atoms. The summed E-state index contributed by atoms with van der Waals surface area (Å²) in [4.78, 5) is 33.8. The van der Waals surface area contributed by atoms with Gasteiger partial charge < -0.3 is 14.5 Å². The molecule has 0 saturated carbocycles. The van der Waals surface area contributed by atoms with E-state index in [0.29, 0.717) is 41.4 Å². The summed E-state index contributed by atoms with van der Waals surface area (Å²) in [5.74, 6) is -0.902. The quantitative estimate of drug-likeness (QED) is 0.103. The van der Waals surface area contributed by atoms with Crippen LogP contribution in [0.4, 0.5) is 35.5 Å². The van der Waals surface area contributed by atoms with Gasteiger partial charge in [-0.15, -0.1) is 0 Å². The molecule has 2 aromatic heterocycles. The molecule has 1 aliphatic heterocycles. The molecule has 316 valence electrons. The van der Waals surface area contributed by atoms with Crippen molar-refractivity contribution in [2.45, 2.75) is 78.1 Å². The summed E-state index contributed by atoms with van der Waals surface area (Å²) < 4.78 is 124. The number of ether oxygens (including phenoxy) is 1. The number of aromatic nitrogens is 3. The zero-order chi connectivity index (χ0) is 43.5. The van der Waals surface area contributed by atoms with E-state index in [-0.39, 0.29) is 46.9 Å². The summed E-state index contributed by atoms with van der Waals surface area (Å²) in [7, 11) is -4.88. The maximum atomic E-state index is 16.0. The van der Waals surface area contributed by atoms with Gasteiger partial charge in [0.25, 0.3) is 0 Å². The first kappa shape index (κ1) is 42.8. The fourth-order valence-electron chi connectivity index (χ4n) is 7.77. The van der Waals surface area contributed by atoms with Gasteiger partial charge in [-0.1, -0.05) is 56.3 Å². The van der Waals surface area contributed by atoms with E-state index in [0.717, 1.165) is 33.5 Å². The standard InChI is InChI=1S/C42H38F7N4O6P/c1-5-24-11-9-12-25(6-2)35(24)53-36(31-22-51(40(3,4)38(31)50-53)21-26-14-15-28(41(44,45)46)20-32(26)42(47,48)49)29-16-17-33(43)37-30(29)18-19-52(37)39(54)59-34-13-8-7-10-27(34)23-58-60(55,56)57/h7-20H,5-6,21-23H2,1-4H3,(H2,55,56,57). The number of phosphoric acid groups is 1. The van der Waals surface area contributed by atoms with Crippen molar-refractivity contribution in [1.29, 1.82) is 0 Å². The Morgan fingerprint density at radius 1 is 0.867 bits per heavy atom. The monoisotopic (exact) mass is 858 g/mol. The SMILES string of the molecule is CCc1cccc(CC)c1-n1nc2c(c1-c1ccc(F)c3c1ccn3C(=O)Oc1ccccc1COP(=O)(O)O)CN(Cc1ccc(C(F)(F)F)cc1C(F)(F)F)C2(C)C. The van der Waals surface area contributed by atoms with Crippen LogP contribution in [0.25, 0.3) is 27.8 Å². The van der Waals surface area contributed by atoms with Crippen LogP contribution in [0.5, 0.6) is 5.75 Å². The van der Waals surface area contributed by atoms with Crippen LogP contribution in [0, 0.1) is 5.82 Å². The molecule has 0 saturated heterocycles. The summed E-state index contributed by atoms with van der Waals surface area (Å²) in [6.45, 7) is 6.49. The summed E-state index contributed by atoms with van der Waals surface area (Å²) in [6, 6.07) is 17.4. The Bertz CT molecular complexity index is 2660. The van der Waals surface area contributed by atoms with E-state index in [2.05, 4.69) is 4.52 Å². The average molecular weight is 859 g/mol. The first-order valence-corrected chi connectivity index (χ1v) is 20.2. The normalized spacial score (nSPS) is 14.6. The van der Waals surface area contributed by atoms with E-state index >= 15 is 4.39 Å². The number of halogens is 7.